The molecule has 1 atom stereocenters. The van der Waals surface area contributed by atoms with Gasteiger partial charge in [0.05, 0.1) is 6.04 Å². The number of nitrogens with one attached hydrogen (secondary N) is 2. The lowest BCUT2D eigenvalue weighted by Gasteiger charge is -2.37. The Hall–Kier alpha value is -1.93. The highest BCUT2D eigenvalue weighted by molar-refractivity contribution is 7.08. The van der Waals surface area contributed by atoms with Crippen LogP contribution in [-0.2, 0) is 9.59 Å². The molecule has 1 aliphatic heterocycles. The van der Waals surface area contributed by atoms with E-state index >= 15 is 0 Å². The fraction of sp³-hybridized carbons (Fsp3) is 0.368. The molecular formula is C19H23ClN4O2S. The molecule has 1 aromatic carbocycles. The Morgan fingerprint density at radius 1 is 1.11 bits per heavy atom. The first-order valence-corrected chi connectivity index (χ1v) is 10.1. The topological polar surface area (TPSA) is 64.7 Å². The van der Waals surface area contributed by atoms with Gasteiger partial charge in [0.25, 0.3) is 0 Å². The van der Waals surface area contributed by atoms with E-state index in [1.54, 1.807) is 35.6 Å². The summed E-state index contributed by atoms with van der Waals surface area (Å²) in [5.41, 5.74) is 1.70. The van der Waals surface area contributed by atoms with Gasteiger partial charge in [-0.2, -0.15) is 11.3 Å². The lowest BCUT2D eigenvalue weighted by molar-refractivity contribution is -0.136. The molecule has 0 saturated carbocycles. The maximum Gasteiger partial charge on any atom is 0.313 e. The zero-order chi connectivity index (χ0) is 19.2. The van der Waals surface area contributed by atoms with Gasteiger partial charge in [0.2, 0.25) is 0 Å². The monoisotopic (exact) mass is 406 g/mol. The summed E-state index contributed by atoms with van der Waals surface area (Å²) in [4.78, 5) is 29.0. The Morgan fingerprint density at radius 3 is 2.44 bits per heavy atom. The number of benzene rings is 1. The van der Waals surface area contributed by atoms with Crippen LogP contribution in [0.3, 0.4) is 0 Å². The number of rotatable bonds is 5. The van der Waals surface area contributed by atoms with Crippen LogP contribution >= 0.6 is 22.9 Å². The van der Waals surface area contributed by atoms with E-state index in [4.69, 9.17) is 11.6 Å². The molecule has 1 saturated heterocycles. The quantitative estimate of drug-likeness (QED) is 0.748. The van der Waals surface area contributed by atoms with Crippen molar-refractivity contribution in [2.75, 3.05) is 45.1 Å². The van der Waals surface area contributed by atoms with Gasteiger partial charge in [0, 0.05) is 43.4 Å². The molecule has 1 aliphatic rings. The van der Waals surface area contributed by atoms with Gasteiger partial charge in [-0.1, -0.05) is 11.6 Å². The minimum Gasteiger partial charge on any atom is -0.346 e. The molecule has 1 aromatic heterocycles. The standard InChI is InChI=1S/C19H23ClN4O2S/c1-23-7-9-24(10-8-23)17(14-6-11-27-13-14)12-21-18(25)19(26)22-16-4-2-15(20)3-5-16/h2-6,11,13,17H,7-10,12H2,1H3,(H,21,25)(H,22,26). The average molecular weight is 407 g/mol. The van der Waals surface area contributed by atoms with Crippen molar-refractivity contribution in [2.45, 2.75) is 6.04 Å². The van der Waals surface area contributed by atoms with Crippen molar-refractivity contribution in [1.82, 2.24) is 15.1 Å². The highest BCUT2D eigenvalue weighted by Gasteiger charge is 2.25. The molecule has 1 unspecified atom stereocenters. The van der Waals surface area contributed by atoms with Crippen LogP contribution in [0, 0.1) is 0 Å². The molecule has 1 fully saturated rings. The molecule has 27 heavy (non-hydrogen) atoms. The van der Waals surface area contributed by atoms with Gasteiger partial charge < -0.3 is 15.5 Å². The van der Waals surface area contributed by atoms with Gasteiger partial charge in [-0.15, -0.1) is 0 Å². The molecule has 0 radical (unpaired) electrons. The van der Waals surface area contributed by atoms with E-state index in [2.05, 4.69) is 38.9 Å². The number of likely N-dealkylation sites (N-methyl/N-ethyl adjacent to an activating group) is 1. The van der Waals surface area contributed by atoms with Gasteiger partial charge in [0.15, 0.2) is 0 Å². The highest BCUT2D eigenvalue weighted by atomic mass is 35.5. The number of carbonyl (C=O) groups excluding carboxylic acids is 2. The second-order valence-electron chi connectivity index (χ2n) is 6.58. The fourth-order valence-electron chi connectivity index (χ4n) is 3.05. The van der Waals surface area contributed by atoms with Crippen LogP contribution in [0.4, 0.5) is 5.69 Å². The Labute approximate surface area is 168 Å². The van der Waals surface area contributed by atoms with Crippen LogP contribution < -0.4 is 10.6 Å². The van der Waals surface area contributed by atoms with Crippen molar-refractivity contribution in [3.8, 4) is 0 Å². The maximum atomic E-state index is 12.2. The van der Waals surface area contributed by atoms with Crippen molar-refractivity contribution in [2.24, 2.45) is 0 Å². The predicted octanol–water partition coefficient (Wildman–Crippen LogP) is 2.44. The zero-order valence-electron chi connectivity index (χ0n) is 15.2. The number of thiophene rings is 1. The number of amides is 2. The summed E-state index contributed by atoms with van der Waals surface area (Å²) in [6, 6.07) is 8.78. The van der Waals surface area contributed by atoms with Crippen LogP contribution in [0.15, 0.2) is 41.1 Å². The smallest absolute Gasteiger partial charge is 0.313 e. The van der Waals surface area contributed by atoms with E-state index in [-0.39, 0.29) is 6.04 Å². The summed E-state index contributed by atoms with van der Waals surface area (Å²) in [6.45, 7) is 4.25. The van der Waals surface area contributed by atoms with Crippen LogP contribution in [0.1, 0.15) is 11.6 Å². The van der Waals surface area contributed by atoms with E-state index in [1.165, 1.54) is 5.56 Å². The van der Waals surface area contributed by atoms with E-state index < -0.39 is 11.8 Å². The van der Waals surface area contributed by atoms with Crippen LogP contribution in [0.2, 0.25) is 5.02 Å². The fourth-order valence-corrected chi connectivity index (χ4v) is 3.88. The molecule has 0 aliphatic carbocycles. The van der Waals surface area contributed by atoms with Gasteiger partial charge in [-0.05, 0) is 53.7 Å². The second kappa shape index (κ2) is 9.32. The minimum atomic E-state index is -0.681. The number of hydrogen-bond donors (Lipinski definition) is 2. The number of piperazine rings is 1. The van der Waals surface area contributed by atoms with Crippen LogP contribution in [0.25, 0.3) is 0 Å². The second-order valence-corrected chi connectivity index (χ2v) is 7.80. The lowest BCUT2D eigenvalue weighted by atomic mass is 10.1. The maximum absolute atomic E-state index is 12.2. The number of carbonyl (C=O) groups is 2. The van der Waals surface area contributed by atoms with Crippen LogP contribution in [-0.4, -0.2) is 61.4 Å². The van der Waals surface area contributed by atoms with Crippen molar-refractivity contribution >= 4 is 40.4 Å². The SMILES string of the molecule is CN1CCN(C(CNC(=O)C(=O)Nc2ccc(Cl)cc2)c2ccsc2)CC1. The molecule has 2 N–H and O–H groups in total. The molecule has 2 heterocycles. The Kier molecular flexibility index (Phi) is 6.84. The molecule has 0 spiro atoms. The van der Waals surface area contributed by atoms with Crippen molar-refractivity contribution < 1.29 is 9.59 Å². The van der Waals surface area contributed by atoms with E-state index in [0.717, 1.165) is 26.2 Å². The molecule has 2 amide bonds. The molecule has 144 valence electrons. The average Bonchev–Trinajstić information content (AvgIpc) is 3.19. The van der Waals surface area contributed by atoms with E-state index in [1.807, 2.05) is 5.38 Å². The largest absolute Gasteiger partial charge is 0.346 e. The summed E-state index contributed by atoms with van der Waals surface area (Å²) in [7, 11) is 2.11. The molecule has 8 heteroatoms. The first kappa shape index (κ1) is 19.8. The van der Waals surface area contributed by atoms with Crippen molar-refractivity contribution in [1.29, 1.82) is 0 Å². The summed E-state index contributed by atoms with van der Waals surface area (Å²) < 4.78 is 0. The third-order valence-electron chi connectivity index (χ3n) is 4.67. The Bertz CT molecular complexity index is 759. The van der Waals surface area contributed by atoms with Gasteiger partial charge in [-0.3, -0.25) is 14.5 Å². The number of halogens is 1. The highest BCUT2D eigenvalue weighted by Crippen LogP contribution is 2.23. The van der Waals surface area contributed by atoms with E-state index in [9.17, 15) is 9.59 Å². The van der Waals surface area contributed by atoms with Crippen LogP contribution in [0.5, 0.6) is 0 Å². The van der Waals surface area contributed by atoms with Gasteiger partial charge in [-0.25, -0.2) is 0 Å². The summed E-state index contributed by atoms with van der Waals surface area (Å²) in [5, 5.41) is 10.1. The van der Waals surface area contributed by atoms with Gasteiger partial charge >= 0.3 is 11.8 Å². The number of nitrogens with zero attached hydrogens (tertiary/aromatic N) is 2. The minimum absolute atomic E-state index is 0.0669. The number of hydrogen-bond acceptors (Lipinski definition) is 5. The normalized spacial score (nSPS) is 16.7. The number of anilines is 1. The molecule has 6 nitrogen and oxygen atoms in total. The zero-order valence-corrected chi connectivity index (χ0v) is 16.7. The first-order chi connectivity index (χ1) is 13.0. The van der Waals surface area contributed by atoms with Crippen molar-refractivity contribution in [3.63, 3.8) is 0 Å². The summed E-state index contributed by atoms with van der Waals surface area (Å²) in [6.07, 6.45) is 0. The summed E-state index contributed by atoms with van der Waals surface area (Å²) in [5.74, 6) is -1.32. The predicted molar refractivity (Wildman–Crippen MR) is 109 cm³/mol. The first-order valence-electron chi connectivity index (χ1n) is 8.82. The molecule has 2 aromatic rings. The van der Waals surface area contributed by atoms with Gasteiger partial charge in [0.1, 0.15) is 0 Å². The van der Waals surface area contributed by atoms with Crippen molar-refractivity contribution in [3.05, 3.63) is 51.7 Å². The molecule has 3 rings (SSSR count). The Balaban J connectivity index is 1.58. The third kappa shape index (κ3) is 5.52. The lowest BCUT2D eigenvalue weighted by Crippen LogP contribution is -2.49. The Morgan fingerprint density at radius 2 is 1.81 bits per heavy atom. The summed E-state index contributed by atoms with van der Waals surface area (Å²) >= 11 is 7.46. The third-order valence-corrected chi connectivity index (χ3v) is 5.62. The molecular weight excluding hydrogens is 384 g/mol. The molecule has 0 bridgehead atoms. The van der Waals surface area contributed by atoms with E-state index in [0.29, 0.717) is 17.3 Å².